The summed E-state index contributed by atoms with van der Waals surface area (Å²) in [5.41, 5.74) is 2.17. The second-order valence-corrected chi connectivity index (χ2v) is 12.7. The Morgan fingerprint density at radius 2 is 1.04 bits per heavy atom. The zero-order valence-electron chi connectivity index (χ0n) is 12.9. The van der Waals surface area contributed by atoms with Crippen LogP contribution in [0.3, 0.4) is 0 Å². The van der Waals surface area contributed by atoms with Crippen molar-refractivity contribution in [1.29, 1.82) is 0 Å². The number of hydrogen-bond acceptors (Lipinski definition) is 2. The Morgan fingerprint density at radius 3 is 1.42 bits per heavy atom. The van der Waals surface area contributed by atoms with Gasteiger partial charge in [-0.25, -0.2) is 0 Å². The van der Waals surface area contributed by atoms with Gasteiger partial charge >= 0.3 is 152 Å². The van der Waals surface area contributed by atoms with Gasteiger partial charge in [-0.1, -0.05) is 0 Å². The standard InChI is InChI=1S/C18H16N2O2Se2/c21-15-18-20(12-14-9-5-2-6-10-14)16(22)17(23-24-18)19(15)11-13-7-3-1-4-8-13/h1-10,17-18H,11-12H2/t17-,18-/m1/s1. The van der Waals surface area contributed by atoms with Crippen molar-refractivity contribution < 1.29 is 9.59 Å². The molecule has 4 nitrogen and oxygen atoms in total. The molecular weight excluding hydrogens is 434 g/mol. The van der Waals surface area contributed by atoms with Gasteiger partial charge in [0.15, 0.2) is 0 Å². The number of nitrogens with zero attached hydrogens (tertiary/aromatic N) is 2. The van der Waals surface area contributed by atoms with E-state index in [-0.39, 0.29) is 48.0 Å². The van der Waals surface area contributed by atoms with Crippen LogP contribution in [-0.2, 0) is 22.7 Å². The minimum absolute atomic E-state index is 0.132. The number of carbonyl (C=O) groups is 2. The Kier molecular flexibility index (Phi) is 4.47. The predicted octanol–water partition coefficient (Wildman–Crippen LogP) is 1.05. The Hall–Kier alpha value is -1.58. The van der Waals surface area contributed by atoms with Crippen LogP contribution in [0.1, 0.15) is 11.1 Å². The van der Waals surface area contributed by atoms with Gasteiger partial charge < -0.3 is 0 Å². The molecular formula is C18H16N2O2Se2. The van der Waals surface area contributed by atoms with Gasteiger partial charge in [-0.15, -0.1) is 0 Å². The van der Waals surface area contributed by atoms with Crippen LogP contribution >= 0.6 is 0 Å². The van der Waals surface area contributed by atoms with Crippen LogP contribution in [0.4, 0.5) is 0 Å². The SMILES string of the molecule is O=C1[C@H]2[Se][Se][C@H](C(=O)N2Cc2ccccc2)N1Cc1ccccc1. The average Bonchev–Trinajstić information content (AvgIpc) is 2.62. The number of fused-ring (bicyclic) bond motifs is 3. The monoisotopic (exact) mass is 452 g/mol. The maximum absolute atomic E-state index is 12.9. The van der Waals surface area contributed by atoms with Crippen molar-refractivity contribution in [2.75, 3.05) is 0 Å². The molecule has 3 fully saturated rings. The molecule has 2 bridgehead atoms. The van der Waals surface area contributed by atoms with Crippen molar-refractivity contribution in [3.63, 3.8) is 0 Å². The topological polar surface area (TPSA) is 40.6 Å². The summed E-state index contributed by atoms with van der Waals surface area (Å²) in [7, 11) is 0. The molecule has 3 aliphatic heterocycles. The number of carbonyl (C=O) groups excluding carboxylic acids is 2. The number of piperazine rings is 1. The van der Waals surface area contributed by atoms with E-state index in [9.17, 15) is 9.59 Å². The zero-order valence-corrected chi connectivity index (χ0v) is 16.3. The first-order valence-electron chi connectivity index (χ1n) is 7.75. The summed E-state index contributed by atoms with van der Waals surface area (Å²) in [5, 5.41) is 0. The van der Waals surface area contributed by atoms with Crippen LogP contribution in [0.15, 0.2) is 60.7 Å². The Morgan fingerprint density at radius 1 is 0.667 bits per heavy atom. The van der Waals surface area contributed by atoms with Gasteiger partial charge in [0.25, 0.3) is 0 Å². The van der Waals surface area contributed by atoms with E-state index < -0.39 is 0 Å². The van der Waals surface area contributed by atoms with Gasteiger partial charge in [0.1, 0.15) is 0 Å². The summed E-state index contributed by atoms with van der Waals surface area (Å²) in [5.74, 6) is 0.264. The van der Waals surface area contributed by atoms with Crippen molar-refractivity contribution in [3.05, 3.63) is 71.8 Å². The molecule has 5 rings (SSSR count). The summed E-state index contributed by atoms with van der Waals surface area (Å²) in [6.45, 7) is 1.09. The normalized spacial score (nSPS) is 23.0. The van der Waals surface area contributed by atoms with E-state index in [4.69, 9.17) is 0 Å². The first-order valence-corrected chi connectivity index (χ1v) is 14.1. The molecule has 0 aliphatic carbocycles. The van der Waals surface area contributed by atoms with E-state index in [0.29, 0.717) is 13.1 Å². The summed E-state index contributed by atoms with van der Waals surface area (Å²) in [6, 6.07) is 19.9. The van der Waals surface area contributed by atoms with Gasteiger partial charge in [-0.05, 0) is 0 Å². The zero-order chi connectivity index (χ0) is 16.5. The fourth-order valence-electron chi connectivity index (χ4n) is 2.95. The third-order valence-electron chi connectivity index (χ3n) is 4.18. The molecule has 0 radical (unpaired) electrons. The second kappa shape index (κ2) is 6.73. The molecule has 122 valence electrons. The van der Waals surface area contributed by atoms with Crippen molar-refractivity contribution in [2.24, 2.45) is 0 Å². The molecule has 3 aliphatic rings. The van der Waals surface area contributed by atoms with Crippen molar-refractivity contribution in [2.45, 2.75) is 23.0 Å². The van der Waals surface area contributed by atoms with E-state index >= 15 is 0 Å². The van der Waals surface area contributed by atoms with Gasteiger partial charge in [-0.2, -0.15) is 0 Å². The summed E-state index contributed by atoms with van der Waals surface area (Å²) in [6.07, 6.45) is 0. The molecule has 0 N–H and O–H groups in total. The second-order valence-electron chi connectivity index (χ2n) is 5.80. The molecule has 2 amide bonds. The Bertz CT molecular complexity index is 689. The minimum atomic E-state index is -0.223. The van der Waals surface area contributed by atoms with E-state index in [1.165, 1.54) is 0 Å². The van der Waals surface area contributed by atoms with Crippen LogP contribution in [0, 0.1) is 0 Å². The van der Waals surface area contributed by atoms with E-state index in [0.717, 1.165) is 11.1 Å². The summed E-state index contributed by atoms with van der Waals surface area (Å²) < 4.78 is 0. The summed E-state index contributed by atoms with van der Waals surface area (Å²) in [4.78, 5) is 29.0. The quantitative estimate of drug-likeness (QED) is 0.654. The molecule has 3 saturated heterocycles. The Labute approximate surface area is 152 Å². The number of benzene rings is 2. The van der Waals surface area contributed by atoms with Gasteiger partial charge in [-0.3, -0.25) is 0 Å². The fourth-order valence-corrected chi connectivity index (χ4v) is 11.8. The number of amides is 2. The molecule has 6 heteroatoms. The summed E-state index contributed by atoms with van der Waals surface area (Å²) >= 11 is 0.454. The molecule has 0 spiro atoms. The molecule has 24 heavy (non-hydrogen) atoms. The molecule has 2 aromatic rings. The van der Waals surface area contributed by atoms with E-state index in [1.807, 2.05) is 70.5 Å². The van der Waals surface area contributed by atoms with E-state index in [1.54, 1.807) is 0 Å². The fraction of sp³-hybridized carbons (Fsp3) is 0.222. The van der Waals surface area contributed by atoms with Crippen LogP contribution < -0.4 is 0 Å². The van der Waals surface area contributed by atoms with Crippen molar-refractivity contribution >= 4 is 38.1 Å². The molecule has 3 heterocycles. The van der Waals surface area contributed by atoms with Crippen molar-refractivity contribution in [3.8, 4) is 0 Å². The molecule has 0 saturated carbocycles. The van der Waals surface area contributed by atoms with Crippen LogP contribution in [0.2, 0.25) is 0 Å². The number of hydrogen-bond donors (Lipinski definition) is 0. The van der Waals surface area contributed by atoms with Crippen molar-refractivity contribution in [1.82, 2.24) is 9.80 Å². The molecule has 0 unspecified atom stereocenters. The number of rotatable bonds is 4. The van der Waals surface area contributed by atoms with Gasteiger partial charge in [0.2, 0.25) is 0 Å². The first-order chi connectivity index (χ1) is 11.7. The van der Waals surface area contributed by atoms with Crippen LogP contribution in [0.5, 0.6) is 0 Å². The van der Waals surface area contributed by atoms with Gasteiger partial charge in [0, 0.05) is 0 Å². The van der Waals surface area contributed by atoms with Crippen LogP contribution in [-0.4, -0.2) is 57.8 Å². The van der Waals surface area contributed by atoms with E-state index in [2.05, 4.69) is 0 Å². The maximum atomic E-state index is 12.9. The average molecular weight is 450 g/mol. The third kappa shape index (κ3) is 2.91. The Balaban J connectivity index is 1.55. The molecule has 0 aromatic heterocycles. The third-order valence-corrected chi connectivity index (χ3v) is 12.3. The molecule has 2 aromatic carbocycles. The predicted molar refractivity (Wildman–Crippen MR) is 93.1 cm³/mol. The first kappa shape index (κ1) is 15.9. The van der Waals surface area contributed by atoms with Gasteiger partial charge in [0.05, 0.1) is 0 Å². The molecule has 2 atom stereocenters. The van der Waals surface area contributed by atoms with Crippen LogP contribution in [0.25, 0.3) is 0 Å².